The molecule has 3 N–H and O–H groups in total. The largest absolute Gasteiger partial charge is 0.381 e. The first-order valence-corrected chi connectivity index (χ1v) is 10.3. The van der Waals surface area contributed by atoms with Crippen LogP contribution in [0.25, 0.3) is 10.9 Å². The van der Waals surface area contributed by atoms with Gasteiger partial charge in [-0.25, -0.2) is 4.98 Å². The molecule has 0 radical (unpaired) electrons. The Hall–Kier alpha value is -3.19. The van der Waals surface area contributed by atoms with E-state index in [2.05, 4.69) is 26.7 Å². The molecule has 0 spiro atoms. The Balaban J connectivity index is 1.49. The average Bonchev–Trinajstić information content (AvgIpc) is 3.16. The Morgan fingerprint density at radius 3 is 2.73 bits per heavy atom. The highest BCUT2D eigenvalue weighted by Crippen LogP contribution is 2.44. The molecule has 5 rings (SSSR count). The molecule has 2 aliphatic rings. The number of aromatic amines is 1. The number of carbonyl (C=O) groups excluding carboxylic acids is 2. The smallest absolute Gasteiger partial charge is 0.269 e. The summed E-state index contributed by atoms with van der Waals surface area (Å²) in [6.45, 7) is 3.46. The van der Waals surface area contributed by atoms with E-state index in [-0.39, 0.29) is 29.5 Å². The Morgan fingerprint density at radius 2 is 1.97 bits per heavy atom. The van der Waals surface area contributed by atoms with Crippen molar-refractivity contribution >= 4 is 22.7 Å². The van der Waals surface area contributed by atoms with Crippen molar-refractivity contribution in [3.8, 4) is 0 Å². The standard InChI is InChI=1S/C23H24N4O3/c1-12(14-4-3-5-18-15(14)6-7-25-18)19-8-13(9-20(26-19)23(29)24-2)22(28)27-21-16-10-30-11-17(16)21/h3-9,12,16-17,21,25H,10-11H2,1-2H3,(H,24,29)(H,27,28). The van der Waals surface area contributed by atoms with Gasteiger partial charge in [0.05, 0.1) is 13.2 Å². The lowest BCUT2D eigenvalue weighted by Gasteiger charge is -2.16. The van der Waals surface area contributed by atoms with Crippen molar-refractivity contribution in [1.29, 1.82) is 0 Å². The van der Waals surface area contributed by atoms with Gasteiger partial charge in [-0.05, 0) is 29.8 Å². The zero-order valence-electron chi connectivity index (χ0n) is 16.9. The Kier molecular flexibility index (Phi) is 4.55. The zero-order chi connectivity index (χ0) is 20.8. The highest BCUT2D eigenvalue weighted by atomic mass is 16.5. The predicted octanol–water partition coefficient (Wildman–Crippen LogP) is 2.45. The number of benzene rings is 1. The van der Waals surface area contributed by atoms with Crippen LogP contribution in [0.1, 0.15) is 44.9 Å². The van der Waals surface area contributed by atoms with Crippen molar-refractivity contribution in [3.05, 3.63) is 65.1 Å². The summed E-state index contributed by atoms with van der Waals surface area (Å²) in [6.07, 6.45) is 1.91. The highest BCUT2D eigenvalue weighted by molar-refractivity contribution is 5.99. The molecule has 1 saturated heterocycles. The number of H-pyrrole nitrogens is 1. The van der Waals surface area contributed by atoms with Crippen LogP contribution in [-0.2, 0) is 4.74 Å². The monoisotopic (exact) mass is 404 g/mol. The number of nitrogens with zero attached hydrogens (tertiary/aromatic N) is 1. The van der Waals surface area contributed by atoms with Crippen LogP contribution in [0.5, 0.6) is 0 Å². The van der Waals surface area contributed by atoms with Crippen molar-refractivity contribution in [3.63, 3.8) is 0 Å². The fourth-order valence-corrected chi connectivity index (χ4v) is 4.48. The van der Waals surface area contributed by atoms with E-state index in [4.69, 9.17) is 4.74 Å². The fraction of sp³-hybridized carbons (Fsp3) is 0.348. The third-order valence-electron chi connectivity index (χ3n) is 6.36. The molecule has 3 atom stereocenters. The maximum atomic E-state index is 13.0. The second kappa shape index (κ2) is 7.25. The van der Waals surface area contributed by atoms with E-state index in [9.17, 15) is 9.59 Å². The summed E-state index contributed by atoms with van der Waals surface area (Å²) < 4.78 is 5.40. The van der Waals surface area contributed by atoms with Crippen LogP contribution in [-0.4, -0.2) is 48.1 Å². The minimum Gasteiger partial charge on any atom is -0.381 e. The van der Waals surface area contributed by atoms with Crippen LogP contribution < -0.4 is 10.6 Å². The van der Waals surface area contributed by atoms with Gasteiger partial charge >= 0.3 is 0 Å². The molecule has 154 valence electrons. The number of hydrogen-bond acceptors (Lipinski definition) is 4. The lowest BCUT2D eigenvalue weighted by Crippen LogP contribution is -2.30. The maximum Gasteiger partial charge on any atom is 0.269 e. The molecule has 30 heavy (non-hydrogen) atoms. The number of fused-ring (bicyclic) bond motifs is 2. The van der Waals surface area contributed by atoms with E-state index in [0.717, 1.165) is 16.5 Å². The summed E-state index contributed by atoms with van der Waals surface area (Å²) in [4.78, 5) is 33.1. The van der Waals surface area contributed by atoms with Gasteiger partial charge in [0.2, 0.25) is 0 Å². The first-order chi connectivity index (χ1) is 14.6. The maximum absolute atomic E-state index is 13.0. The molecular formula is C23H24N4O3. The zero-order valence-corrected chi connectivity index (χ0v) is 16.9. The van der Waals surface area contributed by atoms with Crippen LogP contribution in [0.4, 0.5) is 0 Å². The van der Waals surface area contributed by atoms with Gasteiger partial charge in [-0.15, -0.1) is 0 Å². The fourth-order valence-electron chi connectivity index (χ4n) is 4.48. The summed E-state index contributed by atoms with van der Waals surface area (Å²) in [7, 11) is 1.56. The molecule has 2 aromatic heterocycles. The molecule has 1 aliphatic heterocycles. The van der Waals surface area contributed by atoms with Crippen LogP contribution >= 0.6 is 0 Å². The Bertz CT molecular complexity index is 1130. The Morgan fingerprint density at radius 1 is 1.17 bits per heavy atom. The summed E-state index contributed by atoms with van der Waals surface area (Å²) in [5, 5.41) is 6.82. The molecule has 3 aromatic rings. The molecule has 7 nitrogen and oxygen atoms in total. The molecule has 1 aliphatic carbocycles. The number of amides is 2. The number of ether oxygens (including phenoxy) is 1. The average molecular weight is 404 g/mol. The van der Waals surface area contributed by atoms with Gasteiger partial charge in [-0.3, -0.25) is 9.59 Å². The van der Waals surface area contributed by atoms with E-state index >= 15 is 0 Å². The minimum absolute atomic E-state index is 0.0886. The van der Waals surface area contributed by atoms with Crippen LogP contribution in [0.2, 0.25) is 0 Å². The molecule has 2 fully saturated rings. The van der Waals surface area contributed by atoms with Gasteiger partial charge in [0, 0.05) is 59.2 Å². The first kappa shape index (κ1) is 18.8. The Labute approximate surface area is 174 Å². The van der Waals surface area contributed by atoms with E-state index in [1.54, 1.807) is 19.2 Å². The van der Waals surface area contributed by atoms with E-state index in [1.165, 1.54) is 0 Å². The van der Waals surface area contributed by atoms with Crippen molar-refractivity contribution < 1.29 is 14.3 Å². The minimum atomic E-state index is -0.311. The van der Waals surface area contributed by atoms with Crippen molar-refractivity contribution in [2.24, 2.45) is 11.8 Å². The number of rotatable bonds is 5. The number of pyridine rings is 1. The van der Waals surface area contributed by atoms with Gasteiger partial charge in [0.1, 0.15) is 5.69 Å². The molecule has 1 saturated carbocycles. The quantitative estimate of drug-likeness (QED) is 0.609. The molecular weight excluding hydrogens is 380 g/mol. The lowest BCUT2D eigenvalue weighted by atomic mass is 9.93. The van der Waals surface area contributed by atoms with Crippen molar-refractivity contribution in [1.82, 2.24) is 20.6 Å². The van der Waals surface area contributed by atoms with Crippen LogP contribution in [0, 0.1) is 11.8 Å². The van der Waals surface area contributed by atoms with E-state index in [1.807, 2.05) is 31.3 Å². The third-order valence-corrected chi connectivity index (χ3v) is 6.36. The number of nitrogens with one attached hydrogen (secondary N) is 3. The topological polar surface area (TPSA) is 96.1 Å². The van der Waals surface area contributed by atoms with Crippen molar-refractivity contribution in [2.45, 2.75) is 18.9 Å². The summed E-state index contributed by atoms with van der Waals surface area (Å²) in [5.74, 6) is 0.261. The van der Waals surface area contributed by atoms with Gasteiger partial charge in [0.25, 0.3) is 11.8 Å². The second-order valence-corrected chi connectivity index (χ2v) is 8.12. The van der Waals surface area contributed by atoms with Gasteiger partial charge < -0.3 is 20.4 Å². The van der Waals surface area contributed by atoms with E-state index in [0.29, 0.717) is 36.3 Å². The molecule has 2 amide bonds. The summed E-state index contributed by atoms with van der Waals surface area (Å²) >= 11 is 0. The van der Waals surface area contributed by atoms with Crippen LogP contribution in [0.15, 0.2) is 42.6 Å². The summed E-state index contributed by atoms with van der Waals surface area (Å²) in [5.41, 5.74) is 3.53. The predicted molar refractivity (Wildman–Crippen MR) is 112 cm³/mol. The molecule has 3 unspecified atom stereocenters. The third kappa shape index (κ3) is 3.15. The van der Waals surface area contributed by atoms with Crippen molar-refractivity contribution in [2.75, 3.05) is 20.3 Å². The number of aromatic nitrogens is 2. The number of hydrogen-bond donors (Lipinski definition) is 3. The second-order valence-electron chi connectivity index (χ2n) is 8.12. The normalized spacial score (nSPS) is 23.1. The molecule has 3 heterocycles. The molecule has 7 heteroatoms. The lowest BCUT2D eigenvalue weighted by molar-refractivity contribution is 0.0928. The molecule has 1 aromatic carbocycles. The number of carbonyl (C=O) groups is 2. The summed E-state index contributed by atoms with van der Waals surface area (Å²) in [6, 6.07) is 11.6. The van der Waals surface area contributed by atoms with Gasteiger partial charge in [-0.1, -0.05) is 19.1 Å². The van der Waals surface area contributed by atoms with Crippen LogP contribution in [0.3, 0.4) is 0 Å². The van der Waals surface area contributed by atoms with Gasteiger partial charge in [0.15, 0.2) is 0 Å². The molecule has 0 bridgehead atoms. The van der Waals surface area contributed by atoms with E-state index < -0.39 is 0 Å². The first-order valence-electron chi connectivity index (χ1n) is 10.3. The van der Waals surface area contributed by atoms with Gasteiger partial charge in [-0.2, -0.15) is 0 Å². The SMILES string of the molecule is CNC(=O)c1cc(C(=O)NC2C3COCC32)cc(C(C)c2cccc3[nH]ccc23)n1. The highest BCUT2D eigenvalue weighted by Gasteiger charge is 2.54.